The van der Waals surface area contributed by atoms with Crippen molar-refractivity contribution in [2.24, 2.45) is 0 Å². The number of aliphatic hydroxyl groups excluding tert-OH is 1. The van der Waals surface area contributed by atoms with Gasteiger partial charge in [0.2, 0.25) is 0 Å². The van der Waals surface area contributed by atoms with E-state index < -0.39 is 12.0 Å². The summed E-state index contributed by atoms with van der Waals surface area (Å²) in [4.78, 5) is 13.5. The summed E-state index contributed by atoms with van der Waals surface area (Å²) in [5, 5.41) is 22.2. The third-order valence-electron chi connectivity index (χ3n) is 4.09. The highest BCUT2D eigenvalue weighted by Gasteiger charge is 2.26. The maximum Gasteiger partial charge on any atom is 0.325 e. The molecule has 1 unspecified atom stereocenters. The van der Waals surface area contributed by atoms with E-state index in [4.69, 9.17) is 0 Å². The van der Waals surface area contributed by atoms with Crippen molar-refractivity contribution in [3.63, 3.8) is 0 Å². The van der Waals surface area contributed by atoms with Crippen molar-refractivity contribution in [3.05, 3.63) is 29.8 Å². The largest absolute Gasteiger partial charge is 0.480 e. The average molecular weight is 292 g/mol. The maximum atomic E-state index is 11.5. The van der Waals surface area contributed by atoms with Crippen molar-refractivity contribution in [1.82, 2.24) is 5.32 Å². The first kappa shape index (κ1) is 15.8. The van der Waals surface area contributed by atoms with Crippen LogP contribution in [0.15, 0.2) is 24.3 Å². The lowest BCUT2D eigenvalue weighted by Crippen LogP contribution is -2.40. The Bertz CT molecular complexity index is 465. The molecule has 0 bridgehead atoms. The maximum absolute atomic E-state index is 11.5. The molecule has 0 heterocycles. The number of carboxylic acid groups (broad SMARTS) is 1. The van der Waals surface area contributed by atoms with E-state index in [1.54, 1.807) is 0 Å². The van der Waals surface area contributed by atoms with Crippen LogP contribution in [0.2, 0.25) is 0 Å². The number of benzene rings is 1. The van der Waals surface area contributed by atoms with Crippen molar-refractivity contribution < 1.29 is 15.0 Å². The number of rotatable bonds is 5. The zero-order valence-corrected chi connectivity index (χ0v) is 12.6. The van der Waals surface area contributed by atoms with Crippen LogP contribution in [-0.4, -0.2) is 42.4 Å². The first-order chi connectivity index (χ1) is 9.97. The van der Waals surface area contributed by atoms with Gasteiger partial charge in [-0.3, -0.25) is 10.1 Å². The highest BCUT2D eigenvalue weighted by Crippen LogP contribution is 2.23. The van der Waals surface area contributed by atoms with Gasteiger partial charge in [-0.1, -0.05) is 12.1 Å². The Labute approximate surface area is 125 Å². The van der Waals surface area contributed by atoms with Gasteiger partial charge in [0.1, 0.15) is 6.04 Å². The number of carboxylic acids is 1. The lowest BCUT2D eigenvalue weighted by Gasteiger charge is -2.29. The number of hydrogen-bond acceptors (Lipinski definition) is 4. The second kappa shape index (κ2) is 6.91. The van der Waals surface area contributed by atoms with Gasteiger partial charge in [0, 0.05) is 25.8 Å². The fourth-order valence-electron chi connectivity index (χ4n) is 2.75. The molecule has 1 aromatic rings. The molecule has 116 valence electrons. The lowest BCUT2D eigenvalue weighted by atomic mass is 9.92. The van der Waals surface area contributed by atoms with Gasteiger partial charge in [-0.25, -0.2) is 0 Å². The minimum atomic E-state index is -0.862. The van der Waals surface area contributed by atoms with Gasteiger partial charge >= 0.3 is 5.97 Å². The smallest absolute Gasteiger partial charge is 0.325 e. The first-order valence-corrected chi connectivity index (χ1v) is 7.41. The minimum absolute atomic E-state index is 0.156. The third kappa shape index (κ3) is 4.19. The van der Waals surface area contributed by atoms with Crippen LogP contribution in [0.3, 0.4) is 0 Å². The van der Waals surface area contributed by atoms with E-state index in [1.165, 1.54) is 0 Å². The normalized spacial score (nSPS) is 23.6. The number of nitrogens with zero attached hydrogens (tertiary/aromatic N) is 1. The van der Waals surface area contributed by atoms with Gasteiger partial charge in [-0.05, 0) is 43.4 Å². The summed E-state index contributed by atoms with van der Waals surface area (Å²) in [7, 11) is 3.91. The molecule has 3 N–H and O–H groups in total. The van der Waals surface area contributed by atoms with Crippen LogP contribution in [0.25, 0.3) is 0 Å². The predicted molar refractivity (Wildman–Crippen MR) is 82.5 cm³/mol. The Morgan fingerprint density at radius 2 is 1.76 bits per heavy atom. The Hall–Kier alpha value is -1.59. The van der Waals surface area contributed by atoms with Crippen LogP contribution < -0.4 is 10.2 Å². The Kier molecular flexibility index (Phi) is 5.20. The van der Waals surface area contributed by atoms with E-state index in [1.807, 2.05) is 43.3 Å². The summed E-state index contributed by atoms with van der Waals surface area (Å²) in [6.07, 6.45) is 2.89. The molecule has 0 spiro atoms. The van der Waals surface area contributed by atoms with Gasteiger partial charge in [-0.15, -0.1) is 0 Å². The molecule has 5 nitrogen and oxygen atoms in total. The van der Waals surface area contributed by atoms with Gasteiger partial charge in [0.15, 0.2) is 0 Å². The zero-order valence-electron chi connectivity index (χ0n) is 12.6. The molecule has 0 aromatic heterocycles. The molecule has 1 aromatic carbocycles. The molecular weight excluding hydrogens is 268 g/mol. The molecule has 1 atom stereocenters. The molecule has 21 heavy (non-hydrogen) atoms. The molecule has 1 aliphatic rings. The van der Waals surface area contributed by atoms with E-state index >= 15 is 0 Å². The predicted octanol–water partition coefficient (Wildman–Crippen LogP) is 1.77. The zero-order chi connectivity index (χ0) is 15.4. The fourth-order valence-corrected chi connectivity index (χ4v) is 2.75. The highest BCUT2D eigenvalue weighted by molar-refractivity contribution is 5.75. The molecule has 0 amide bonds. The number of carbonyl (C=O) groups is 1. The molecule has 0 radical (unpaired) electrons. The second-order valence-electron chi connectivity index (χ2n) is 5.93. The van der Waals surface area contributed by atoms with Crippen molar-refractivity contribution in [3.8, 4) is 0 Å². The van der Waals surface area contributed by atoms with Gasteiger partial charge in [0.05, 0.1) is 6.10 Å². The first-order valence-electron chi connectivity index (χ1n) is 7.41. The number of aliphatic hydroxyl groups is 1. The van der Waals surface area contributed by atoms with Crippen molar-refractivity contribution in [2.45, 2.75) is 43.9 Å². The molecule has 5 heteroatoms. The SMILES string of the molecule is CN(C)c1ccc(C(NC2CCC(O)CC2)C(=O)O)cc1. The summed E-state index contributed by atoms with van der Waals surface area (Å²) in [5.41, 5.74) is 1.81. The van der Waals surface area contributed by atoms with Gasteiger partial charge in [0.25, 0.3) is 0 Å². The minimum Gasteiger partial charge on any atom is -0.480 e. The number of nitrogens with one attached hydrogen (secondary N) is 1. The van der Waals surface area contributed by atoms with Crippen molar-refractivity contribution in [2.75, 3.05) is 19.0 Å². The number of anilines is 1. The summed E-state index contributed by atoms with van der Waals surface area (Å²) in [6.45, 7) is 0. The van der Waals surface area contributed by atoms with E-state index in [9.17, 15) is 15.0 Å². The fraction of sp³-hybridized carbons (Fsp3) is 0.562. The Morgan fingerprint density at radius 3 is 2.24 bits per heavy atom. The van der Waals surface area contributed by atoms with Crippen LogP contribution in [0, 0.1) is 0 Å². The van der Waals surface area contributed by atoms with Crippen LogP contribution in [0.4, 0.5) is 5.69 Å². The molecule has 0 aliphatic heterocycles. The standard InChI is InChI=1S/C16H24N2O3/c1-18(2)13-7-3-11(4-8-13)15(16(20)21)17-12-5-9-14(19)10-6-12/h3-4,7-8,12,14-15,17,19H,5-6,9-10H2,1-2H3,(H,20,21). The number of hydrogen-bond donors (Lipinski definition) is 3. The Balaban J connectivity index is 2.06. The van der Waals surface area contributed by atoms with Crippen molar-refractivity contribution in [1.29, 1.82) is 0 Å². The van der Waals surface area contributed by atoms with Gasteiger partial charge < -0.3 is 15.1 Å². The van der Waals surface area contributed by atoms with Crippen LogP contribution in [0.1, 0.15) is 37.3 Å². The molecule has 2 rings (SSSR count). The highest BCUT2D eigenvalue weighted by atomic mass is 16.4. The average Bonchev–Trinajstić information content (AvgIpc) is 2.46. The Morgan fingerprint density at radius 1 is 1.19 bits per heavy atom. The van der Waals surface area contributed by atoms with E-state index in [2.05, 4.69) is 5.32 Å². The van der Waals surface area contributed by atoms with Gasteiger partial charge in [-0.2, -0.15) is 0 Å². The monoisotopic (exact) mass is 292 g/mol. The summed E-state index contributed by atoms with van der Waals surface area (Å²) in [6, 6.07) is 7.04. The number of aliphatic carboxylic acids is 1. The summed E-state index contributed by atoms with van der Waals surface area (Å²) >= 11 is 0. The lowest BCUT2D eigenvalue weighted by molar-refractivity contribution is -0.140. The second-order valence-corrected chi connectivity index (χ2v) is 5.93. The quantitative estimate of drug-likeness (QED) is 0.771. The third-order valence-corrected chi connectivity index (χ3v) is 4.09. The van der Waals surface area contributed by atoms with Crippen molar-refractivity contribution >= 4 is 11.7 Å². The molecular formula is C16H24N2O3. The van der Waals surface area contributed by atoms with E-state index in [-0.39, 0.29) is 12.1 Å². The topological polar surface area (TPSA) is 72.8 Å². The van der Waals surface area contributed by atoms with Crippen LogP contribution in [0.5, 0.6) is 0 Å². The molecule has 1 aliphatic carbocycles. The molecule has 1 saturated carbocycles. The molecule has 1 fully saturated rings. The summed E-state index contributed by atoms with van der Waals surface area (Å²) in [5.74, 6) is -0.862. The van der Waals surface area contributed by atoms with Crippen LogP contribution in [-0.2, 0) is 4.79 Å². The van der Waals surface area contributed by atoms with E-state index in [0.717, 1.165) is 36.9 Å². The molecule has 0 saturated heterocycles. The summed E-state index contributed by atoms with van der Waals surface area (Å²) < 4.78 is 0. The van der Waals surface area contributed by atoms with E-state index in [0.29, 0.717) is 0 Å². The van der Waals surface area contributed by atoms with Crippen LogP contribution >= 0.6 is 0 Å².